The summed E-state index contributed by atoms with van der Waals surface area (Å²) in [5, 5.41) is 1.99. The molecule has 0 aliphatic carbocycles. The van der Waals surface area contributed by atoms with E-state index in [9.17, 15) is 4.79 Å². The van der Waals surface area contributed by atoms with Gasteiger partial charge < -0.3 is 0 Å². The van der Waals surface area contributed by atoms with Crippen LogP contribution in [-0.4, -0.2) is 29.8 Å². The average Bonchev–Trinajstić information content (AvgIpc) is 2.93. The Labute approximate surface area is 115 Å². The molecule has 0 spiro atoms. The number of benzene rings is 1. The highest BCUT2D eigenvalue weighted by Crippen LogP contribution is 2.05. The van der Waals surface area contributed by atoms with Gasteiger partial charge in [-0.2, -0.15) is 12.6 Å². The van der Waals surface area contributed by atoms with E-state index < -0.39 is 0 Å². The maximum absolute atomic E-state index is 11.3. The highest BCUT2D eigenvalue weighted by molar-refractivity contribution is 7.80. The molecule has 0 aromatic heterocycles. The molecule has 18 heavy (non-hydrogen) atoms. The lowest BCUT2D eigenvalue weighted by Crippen LogP contribution is -2.43. The van der Waals surface area contributed by atoms with Crippen LogP contribution in [0.4, 0.5) is 0 Å². The van der Waals surface area contributed by atoms with E-state index >= 15 is 0 Å². The second kappa shape index (κ2) is 9.00. The van der Waals surface area contributed by atoms with Gasteiger partial charge in [-0.05, 0) is 12.8 Å². The van der Waals surface area contributed by atoms with Gasteiger partial charge in [-0.1, -0.05) is 43.3 Å². The summed E-state index contributed by atoms with van der Waals surface area (Å²) in [6.07, 6.45) is 2.38. The third-order valence-corrected chi connectivity index (χ3v) is 3.31. The van der Waals surface area contributed by atoms with Gasteiger partial charge in [0.05, 0.1) is 0 Å². The van der Waals surface area contributed by atoms with Crippen LogP contribution in [0.3, 0.4) is 0 Å². The number of nitrogens with one attached hydrogen (secondary N) is 1. The van der Waals surface area contributed by atoms with Crippen molar-refractivity contribution in [2.75, 3.05) is 18.8 Å². The smallest absolute Gasteiger partial charge is 0.237 e. The van der Waals surface area contributed by atoms with Gasteiger partial charge in [0.25, 0.3) is 0 Å². The molecule has 100 valence electrons. The van der Waals surface area contributed by atoms with Gasteiger partial charge in [0.2, 0.25) is 5.91 Å². The number of amides is 1. The van der Waals surface area contributed by atoms with Crippen LogP contribution in [0, 0.1) is 5.92 Å². The Morgan fingerprint density at radius 3 is 2.00 bits per heavy atom. The number of hydrogen-bond acceptors (Lipinski definition) is 3. The monoisotopic (exact) mass is 266 g/mol. The molecule has 1 amide bonds. The Morgan fingerprint density at radius 2 is 1.61 bits per heavy atom. The lowest BCUT2D eigenvalue weighted by Gasteiger charge is -2.18. The van der Waals surface area contributed by atoms with E-state index in [1.807, 2.05) is 48.3 Å². The third kappa shape index (κ3) is 6.07. The molecule has 0 bridgehead atoms. The molecule has 1 N–H and O–H groups in total. The lowest BCUT2D eigenvalue weighted by molar-refractivity contribution is -0.128. The van der Waals surface area contributed by atoms with Crippen LogP contribution < -0.4 is 5.43 Å². The van der Waals surface area contributed by atoms with Crippen molar-refractivity contribution >= 4 is 18.5 Å². The van der Waals surface area contributed by atoms with Crippen LogP contribution in [0.5, 0.6) is 0 Å². The molecule has 3 nitrogen and oxygen atoms in total. The predicted octanol–water partition coefficient (Wildman–Crippen LogP) is 2.37. The summed E-state index contributed by atoms with van der Waals surface area (Å²) in [7, 11) is 0. The summed E-state index contributed by atoms with van der Waals surface area (Å²) >= 11 is 4.07. The van der Waals surface area contributed by atoms with Gasteiger partial charge >= 0.3 is 0 Å². The maximum atomic E-state index is 11.3. The summed E-state index contributed by atoms with van der Waals surface area (Å²) in [5.74, 6) is 0.709. The number of nitrogens with zero attached hydrogens (tertiary/aromatic N) is 1. The zero-order valence-corrected chi connectivity index (χ0v) is 11.8. The van der Waals surface area contributed by atoms with Crippen LogP contribution in [0.25, 0.3) is 0 Å². The van der Waals surface area contributed by atoms with Crippen molar-refractivity contribution in [2.24, 2.45) is 5.92 Å². The fourth-order valence-electron chi connectivity index (χ4n) is 1.56. The molecule has 2 rings (SSSR count). The van der Waals surface area contributed by atoms with E-state index in [1.54, 1.807) is 0 Å². The molecule has 1 fully saturated rings. The predicted molar refractivity (Wildman–Crippen MR) is 78.4 cm³/mol. The second-order valence-corrected chi connectivity index (χ2v) is 4.77. The van der Waals surface area contributed by atoms with Crippen molar-refractivity contribution in [1.82, 2.24) is 10.4 Å². The van der Waals surface area contributed by atoms with E-state index in [-0.39, 0.29) is 11.8 Å². The zero-order chi connectivity index (χ0) is 13.2. The van der Waals surface area contributed by atoms with E-state index in [4.69, 9.17) is 0 Å². The maximum Gasteiger partial charge on any atom is 0.237 e. The molecular weight excluding hydrogens is 244 g/mol. The molecule has 1 saturated heterocycles. The van der Waals surface area contributed by atoms with Gasteiger partial charge in [0.15, 0.2) is 0 Å². The Hall–Kier alpha value is -1.00. The van der Waals surface area contributed by atoms with Crippen molar-refractivity contribution < 1.29 is 4.79 Å². The average molecular weight is 266 g/mol. The van der Waals surface area contributed by atoms with Crippen molar-refractivity contribution in [2.45, 2.75) is 19.8 Å². The molecule has 1 heterocycles. The van der Waals surface area contributed by atoms with Gasteiger partial charge in [-0.15, -0.1) is 0 Å². The minimum absolute atomic E-state index is 0.00827. The second-order valence-electron chi connectivity index (χ2n) is 4.41. The summed E-state index contributed by atoms with van der Waals surface area (Å²) in [6, 6.07) is 12.0. The van der Waals surface area contributed by atoms with E-state index in [0.29, 0.717) is 5.75 Å². The first-order valence-corrected chi connectivity index (χ1v) is 7.03. The fraction of sp³-hybridized carbons (Fsp3) is 0.500. The molecule has 0 saturated carbocycles. The van der Waals surface area contributed by atoms with Crippen LogP contribution >= 0.6 is 12.6 Å². The highest BCUT2D eigenvalue weighted by Gasteiger charge is 2.17. The van der Waals surface area contributed by atoms with Gasteiger partial charge in [0, 0.05) is 24.8 Å². The topological polar surface area (TPSA) is 32.3 Å². The fourth-order valence-corrected chi connectivity index (χ4v) is 1.73. The molecular formula is C14H22N2OS. The van der Waals surface area contributed by atoms with Crippen LogP contribution in [0.15, 0.2) is 36.4 Å². The Morgan fingerprint density at radius 1 is 1.17 bits per heavy atom. The molecule has 1 atom stereocenters. The van der Waals surface area contributed by atoms with Gasteiger partial charge in [-0.3, -0.25) is 10.2 Å². The number of carbonyl (C=O) groups is 1. The first-order chi connectivity index (χ1) is 8.74. The normalized spacial score (nSPS) is 16.6. The summed E-state index contributed by atoms with van der Waals surface area (Å²) < 4.78 is 0. The summed E-state index contributed by atoms with van der Waals surface area (Å²) in [5.41, 5.74) is 2.88. The molecule has 4 heteroatoms. The largest absolute Gasteiger partial charge is 0.289 e. The first-order valence-electron chi connectivity index (χ1n) is 6.40. The van der Waals surface area contributed by atoms with Crippen LogP contribution in [0.1, 0.15) is 19.8 Å². The number of thiol groups is 1. The Kier molecular flexibility index (Phi) is 7.53. The number of hydrazine groups is 1. The highest BCUT2D eigenvalue weighted by atomic mass is 32.1. The molecule has 1 unspecified atom stereocenters. The van der Waals surface area contributed by atoms with Crippen LogP contribution in [0.2, 0.25) is 0 Å². The number of rotatable bonds is 3. The Balaban J connectivity index is 0.000000225. The standard InChI is InChI=1S/C8H16N2OS.C6H6/c1-7(6-12)8(11)9-10-4-2-3-5-10;1-2-4-6-5-3-1/h7,12H,2-6H2,1H3,(H,9,11);1-6H. The molecule has 1 aromatic rings. The molecule has 1 aromatic carbocycles. The number of hydrogen-bond donors (Lipinski definition) is 2. The minimum Gasteiger partial charge on any atom is -0.289 e. The van der Waals surface area contributed by atoms with E-state index in [1.165, 1.54) is 12.8 Å². The summed E-state index contributed by atoms with van der Waals surface area (Å²) in [6.45, 7) is 3.87. The molecule has 1 aliphatic rings. The van der Waals surface area contributed by atoms with Crippen molar-refractivity contribution in [3.8, 4) is 0 Å². The van der Waals surface area contributed by atoms with Gasteiger partial charge in [-0.25, -0.2) is 5.01 Å². The molecule has 0 radical (unpaired) electrons. The van der Waals surface area contributed by atoms with Crippen molar-refractivity contribution in [3.05, 3.63) is 36.4 Å². The third-order valence-electron chi connectivity index (χ3n) is 2.76. The van der Waals surface area contributed by atoms with Crippen molar-refractivity contribution in [1.29, 1.82) is 0 Å². The first kappa shape index (κ1) is 15.1. The minimum atomic E-state index is 0.00827. The number of carbonyl (C=O) groups excluding carboxylic acids is 1. The molecule has 1 aliphatic heterocycles. The van der Waals surface area contributed by atoms with Gasteiger partial charge in [0.1, 0.15) is 0 Å². The zero-order valence-electron chi connectivity index (χ0n) is 10.9. The van der Waals surface area contributed by atoms with E-state index in [2.05, 4.69) is 18.1 Å². The Bertz CT molecular complexity index is 299. The lowest BCUT2D eigenvalue weighted by atomic mass is 10.2. The van der Waals surface area contributed by atoms with E-state index in [0.717, 1.165) is 13.1 Å². The van der Waals surface area contributed by atoms with Crippen LogP contribution in [-0.2, 0) is 4.79 Å². The SMILES string of the molecule is CC(CS)C(=O)NN1CCCC1.c1ccccc1. The van der Waals surface area contributed by atoms with Crippen molar-refractivity contribution in [3.63, 3.8) is 0 Å². The quantitative estimate of drug-likeness (QED) is 0.823. The summed E-state index contributed by atoms with van der Waals surface area (Å²) in [4.78, 5) is 11.3.